The number of aromatic nitrogens is 2. The summed E-state index contributed by atoms with van der Waals surface area (Å²) in [5, 5.41) is 0.475. The van der Waals surface area contributed by atoms with Crippen LogP contribution in [0.1, 0.15) is 43.2 Å². The molecule has 0 saturated carbocycles. The molecule has 0 radical (unpaired) electrons. The van der Waals surface area contributed by atoms with E-state index in [4.69, 9.17) is 16.0 Å². The highest BCUT2D eigenvalue weighted by Crippen LogP contribution is 2.37. The van der Waals surface area contributed by atoms with Gasteiger partial charge in [0.15, 0.2) is 0 Å². The number of fused-ring (bicyclic) bond motifs is 1. The van der Waals surface area contributed by atoms with E-state index in [-0.39, 0.29) is 11.7 Å². The summed E-state index contributed by atoms with van der Waals surface area (Å²) < 4.78 is 19.1. The van der Waals surface area contributed by atoms with Gasteiger partial charge in [0.05, 0.1) is 5.69 Å². The van der Waals surface area contributed by atoms with Crippen molar-refractivity contribution in [3.8, 4) is 11.6 Å². The van der Waals surface area contributed by atoms with Crippen molar-refractivity contribution in [3.63, 3.8) is 0 Å². The third kappa shape index (κ3) is 3.74. The highest BCUT2D eigenvalue weighted by atomic mass is 35.5. The molecule has 0 aliphatic heterocycles. The number of rotatable bonds is 2. The molecule has 0 spiro atoms. The van der Waals surface area contributed by atoms with Gasteiger partial charge in [-0.1, -0.05) is 37.6 Å². The number of hydrogen-bond donors (Lipinski definition) is 0. The van der Waals surface area contributed by atoms with Gasteiger partial charge >= 0.3 is 0 Å². The van der Waals surface area contributed by atoms with Gasteiger partial charge in [-0.2, -0.15) is 0 Å². The Morgan fingerprint density at radius 1 is 1.20 bits per heavy atom. The third-order valence-corrected chi connectivity index (χ3v) is 4.55. The summed E-state index contributed by atoms with van der Waals surface area (Å²) in [5.74, 6) is 1.34. The summed E-state index contributed by atoms with van der Waals surface area (Å²) in [4.78, 5) is 8.84. The maximum Gasteiger partial charge on any atom is 0.245 e. The summed E-state index contributed by atoms with van der Waals surface area (Å²) in [7, 11) is 0. The first kappa shape index (κ1) is 17.6. The van der Waals surface area contributed by atoms with E-state index >= 15 is 0 Å². The standard InChI is InChI=1S/C18H14ClFN2O.C2H6/c19-14-10-12(20)5-6-13(14)11-4-7-15-17(9-11)23-18(22-15)16-3-1-2-8-21-16;1-2/h1-3,5-6,8,10-11H,4,7,9H2;1-2H3. The van der Waals surface area contributed by atoms with Crippen molar-refractivity contribution in [2.75, 3.05) is 0 Å². The van der Waals surface area contributed by atoms with E-state index in [9.17, 15) is 4.39 Å². The molecular weight excluding hydrogens is 339 g/mol. The lowest BCUT2D eigenvalue weighted by atomic mass is 9.85. The van der Waals surface area contributed by atoms with Gasteiger partial charge in [0, 0.05) is 17.6 Å². The van der Waals surface area contributed by atoms with Crippen molar-refractivity contribution in [1.29, 1.82) is 0 Å². The van der Waals surface area contributed by atoms with Crippen LogP contribution in [0.25, 0.3) is 11.6 Å². The molecule has 130 valence electrons. The highest BCUT2D eigenvalue weighted by Gasteiger charge is 2.27. The monoisotopic (exact) mass is 358 g/mol. The van der Waals surface area contributed by atoms with E-state index in [1.54, 1.807) is 12.3 Å². The van der Waals surface area contributed by atoms with Crippen LogP contribution >= 0.6 is 11.6 Å². The van der Waals surface area contributed by atoms with Crippen molar-refractivity contribution < 1.29 is 8.81 Å². The molecule has 0 bridgehead atoms. The van der Waals surface area contributed by atoms with Gasteiger partial charge in [0.2, 0.25) is 5.89 Å². The zero-order valence-electron chi connectivity index (χ0n) is 14.3. The average molecular weight is 359 g/mol. The Morgan fingerprint density at radius 2 is 2.04 bits per heavy atom. The molecule has 3 aromatic rings. The Hall–Kier alpha value is -2.20. The Morgan fingerprint density at radius 3 is 2.76 bits per heavy atom. The molecule has 25 heavy (non-hydrogen) atoms. The molecule has 0 amide bonds. The number of pyridine rings is 1. The predicted molar refractivity (Wildman–Crippen MR) is 97.3 cm³/mol. The normalized spacial score (nSPS) is 15.9. The van der Waals surface area contributed by atoms with E-state index in [0.29, 0.717) is 10.9 Å². The minimum absolute atomic E-state index is 0.222. The van der Waals surface area contributed by atoms with Crippen molar-refractivity contribution in [2.24, 2.45) is 0 Å². The van der Waals surface area contributed by atoms with Crippen molar-refractivity contribution in [1.82, 2.24) is 9.97 Å². The van der Waals surface area contributed by atoms with Gasteiger partial charge in [-0.25, -0.2) is 9.37 Å². The molecule has 4 rings (SSSR count). The molecule has 0 saturated heterocycles. The zero-order chi connectivity index (χ0) is 17.8. The smallest absolute Gasteiger partial charge is 0.245 e. The Kier molecular flexibility index (Phi) is 5.49. The van der Waals surface area contributed by atoms with Crippen LogP contribution in [-0.2, 0) is 12.8 Å². The van der Waals surface area contributed by atoms with E-state index < -0.39 is 0 Å². The van der Waals surface area contributed by atoms with Gasteiger partial charge in [0.25, 0.3) is 0 Å². The molecule has 2 heterocycles. The molecule has 1 aromatic carbocycles. The SMILES string of the molecule is CC.Fc1ccc(C2CCc3nc(-c4ccccn4)oc3C2)c(Cl)c1. The molecular formula is C20H20ClFN2O. The first-order valence-corrected chi connectivity index (χ1v) is 8.93. The fourth-order valence-corrected chi connectivity index (χ4v) is 3.39. The lowest BCUT2D eigenvalue weighted by Crippen LogP contribution is -2.12. The Bertz CT molecular complexity index is 848. The van der Waals surface area contributed by atoms with Crippen LogP contribution < -0.4 is 0 Å². The second kappa shape index (κ2) is 7.79. The number of hydrogen-bond acceptors (Lipinski definition) is 3. The molecule has 1 aliphatic carbocycles. The number of halogens is 2. The van der Waals surface area contributed by atoms with Crippen LogP contribution in [0, 0.1) is 5.82 Å². The van der Waals surface area contributed by atoms with E-state index in [2.05, 4.69) is 9.97 Å². The molecule has 1 aliphatic rings. The third-order valence-electron chi connectivity index (χ3n) is 4.23. The maximum absolute atomic E-state index is 13.2. The molecule has 5 heteroatoms. The van der Waals surface area contributed by atoms with Crippen LogP contribution in [0.15, 0.2) is 47.0 Å². The molecule has 2 aromatic heterocycles. The van der Waals surface area contributed by atoms with Crippen molar-refractivity contribution in [2.45, 2.75) is 39.0 Å². The summed E-state index contributed by atoms with van der Waals surface area (Å²) in [6, 6.07) is 10.2. The quantitative estimate of drug-likeness (QED) is 0.578. The predicted octanol–water partition coefficient (Wildman–Crippen LogP) is 5.83. The second-order valence-corrected chi connectivity index (χ2v) is 6.12. The molecule has 1 atom stereocenters. The molecule has 1 unspecified atom stereocenters. The molecule has 0 fully saturated rings. The van der Waals surface area contributed by atoms with E-state index in [0.717, 1.165) is 42.0 Å². The van der Waals surface area contributed by atoms with Crippen molar-refractivity contribution >= 4 is 11.6 Å². The number of oxazole rings is 1. The first-order valence-electron chi connectivity index (χ1n) is 8.55. The fourth-order valence-electron chi connectivity index (χ4n) is 3.07. The number of aryl methyl sites for hydroxylation is 1. The minimum atomic E-state index is -0.313. The van der Waals surface area contributed by atoms with E-state index in [1.807, 2.05) is 32.0 Å². The lowest BCUT2D eigenvalue weighted by molar-refractivity contribution is 0.457. The Labute approximate surface area is 151 Å². The topological polar surface area (TPSA) is 38.9 Å². The summed E-state index contributed by atoms with van der Waals surface area (Å²) in [6.45, 7) is 4.00. The Balaban J connectivity index is 0.000000880. The fraction of sp³-hybridized carbons (Fsp3) is 0.300. The van der Waals surface area contributed by atoms with Crippen LogP contribution in [0.3, 0.4) is 0 Å². The molecule has 3 nitrogen and oxygen atoms in total. The van der Waals surface area contributed by atoms with Gasteiger partial charge in [-0.15, -0.1) is 0 Å². The van der Waals surface area contributed by atoms with Crippen LogP contribution in [0.4, 0.5) is 4.39 Å². The largest absolute Gasteiger partial charge is 0.440 e. The summed E-state index contributed by atoms with van der Waals surface area (Å²) >= 11 is 6.19. The van der Waals surface area contributed by atoms with Gasteiger partial charge in [0.1, 0.15) is 17.3 Å². The van der Waals surface area contributed by atoms with Crippen LogP contribution in [-0.4, -0.2) is 9.97 Å². The van der Waals surface area contributed by atoms with Crippen LogP contribution in [0.2, 0.25) is 5.02 Å². The highest BCUT2D eigenvalue weighted by molar-refractivity contribution is 6.31. The number of nitrogens with zero attached hydrogens (tertiary/aromatic N) is 2. The van der Waals surface area contributed by atoms with E-state index in [1.165, 1.54) is 12.1 Å². The van der Waals surface area contributed by atoms with Crippen LogP contribution in [0.5, 0.6) is 0 Å². The number of benzene rings is 1. The maximum atomic E-state index is 13.2. The average Bonchev–Trinajstić information content (AvgIpc) is 3.07. The minimum Gasteiger partial charge on any atom is -0.440 e. The van der Waals surface area contributed by atoms with Crippen molar-refractivity contribution in [3.05, 3.63) is 70.5 Å². The molecule has 0 N–H and O–H groups in total. The second-order valence-electron chi connectivity index (χ2n) is 5.71. The zero-order valence-corrected chi connectivity index (χ0v) is 15.1. The summed E-state index contributed by atoms with van der Waals surface area (Å²) in [5.41, 5.74) is 2.69. The first-order chi connectivity index (χ1) is 12.2. The van der Waals surface area contributed by atoms with Gasteiger partial charge < -0.3 is 4.42 Å². The lowest BCUT2D eigenvalue weighted by Gasteiger charge is -2.21. The van der Waals surface area contributed by atoms with Gasteiger partial charge in [-0.3, -0.25) is 4.98 Å². The van der Waals surface area contributed by atoms with Gasteiger partial charge in [-0.05, 0) is 48.6 Å². The summed E-state index contributed by atoms with van der Waals surface area (Å²) in [6.07, 6.45) is 4.19.